The fourth-order valence-electron chi connectivity index (χ4n) is 5.74. The SMILES string of the molecule is CC.CCCC(CCC(C)CC)c1ccc(OCCN2CCC(C=O)(c3cc(Cl)ccc3C)CC2)cc1.CCCC(O)(O)O.C[B]C. The van der Waals surface area contributed by atoms with Gasteiger partial charge >= 0.3 is 0 Å². The third-order valence-corrected chi connectivity index (χ3v) is 8.90. The van der Waals surface area contributed by atoms with Crippen molar-refractivity contribution in [2.45, 2.75) is 137 Å². The zero-order valence-corrected chi connectivity index (χ0v) is 31.8. The number of halogens is 1. The van der Waals surface area contributed by atoms with Crippen LogP contribution in [0.15, 0.2) is 42.5 Å². The molecule has 3 rings (SSSR count). The molecule has 0 amide bonds. The molecule has 6 nitrogen and oxygen atoms in total. The Labute approximate surface area is 293 Å². The van der Waals surface area contributed by atoms with Crippen molar-refractivity contribution in [2.24, 2.45) is 5.92 Å². The van der Waals surface area contributed by atoms with Gasteiger partial charge in [-0.2, -0.15) is 0 Å². The second-order valence-electron chi connectivity index (χ2n) is 12.7. The van der Waals surface area contributed by atoms with Crippen LogP contribution in [0.4, 0.5) is 0 Å². The van der Waals surface area contributed by atoms with Crippen molar-refractivity contribution in [1.29, 1.82) is 0 Å². The summed E-state index contributed by atoms with van der Waals surface area (Å²) in [6.07, 6.45) is 9.67. The molecule has 1 heterocycles. The number of aryl methyl sites for hydroxylation is 1. The standard InChI is InChI=1S/C31H44ClNO2.C4H10O3.C2H6B.C2H6/c1-5-7-26(10-8-24(3)6-2)27-11-14-29(15-12-27)35-21-20-33-18-16-31(23-34,17-19-33)30-22-28(32)13-9-25(30)4;1-2-3-4(5,6)7;1-3-2;1-2/h9,11-15,22-24,26H,5-8,10,16-21H2,1-4H3;5-7H,2-3H2,1H3;1-2H3;1-2H3. The summed E-state index contributed by atoms with van der Waals surface area (Å²) >= 11 is 6.24. The summed E-state index contributed by atoms with van der Waals surface area (Å²) in [4.78, 5) is 14.6. The van der Waals surface area contributed by atoms with Crippen molar-refractivity contribution in [3.63, 3.8) is 0 Å². The van der Waals surface area contributed by atoms with Crippen molar-refractivity contribution < 1.29 is 24.9 Å². The topological polar surface area (TPSA) is 90.2 Å². The van der Waals surface area contributed by atoms with Crippen LogP contribution in [0.5, 0.6) is 5.75 Å². The first-order valence-electron chi connectivity index (χ1n) is 18.0. The van der Waals surface area contributed by atoms with Crippen molar-refractivity contribution in [1.82, 2.24) is 4.90 Å². The average molecular weight is 675 g/mol. The maximum Gasteiger partial charge on any atom is 0.275 e. The van der Waals surface area contributed by atoms with E-state index in [4.69, 9.17) is 31.7 Å². The van der Waals surface area contributed by atoms with Gasteiger partial charge in [-0.05, 0) is 105 Å². The monoisotopic (exact) mass is 674 g/mol. The highest BCUT2D eigenvalue weighted by molar-refractivity contribution is 6.31. The van der Waals surface area contributed by atoms with Gasteiger partial charge in [0.05, 0.1) is 5.41 Å². The second-order valence-corrected chi connectivity index (χ2v) is 13.1. The van der Waals surface area contributed by atoms with E-state index >= 15 is 0 Å². The van der Waals surface area contributed by atoms with Gasteiger partial charge in [0, 0.05) is 18.0 Å². The molecule has 47 heavy (non-hydrogen) atoms. The first-order valence-corrected chi connectivity index (χ1v) is 18.3. The van der Waals surface area contributed by atoms with E-state index in [1.807, 2.05) is 53.0 Å². The van der Waals surface area contributed by atoms with E-state index in [9.17, 15) is 4.79 Å². The van der Waals surface area contributed by atoms with E-state index < -0.39 is 11.4 Å². The molecule has 1 radical (unpaired) electrons. The van der Waals surface area contributed by atoms with Crippen LogP contribution in [-0.4, -0.2) is 66.0 Å². The summed E-state index contributed by atoms with van der Waals surface area (Å²) < 4.78 is 6.09. The molecule has 267 valence electrons. The lowest BCUT2D eigenvalue weighted by Crippen LogP contribution is -2.45. The van der Waals surface area contributed by atoms with E-state index in [1.54, 1.807) is 6.92 Å². The maximum atomic E-state index is 12.2. The first kappa shape index (κ1) is 45.1. The molecular weight excluding hydrogens is 609 g/mol. The van der Waals surface area contributed by atoms with E-state index in [0.29, 0.717) is 24.0 Å². The molecule has 0 aliphatic carbocycles. The number of piperidine rings is 1. The van der Waals surface area contributed by atoms with Gasteiger partial charge in [-0.25, -0.2) is 0 Å². The molecule has 2 aromatic rings. The Morgan fingerprint density at radius 2 is 1.57 bits per heavy atom. The van der Waals surface area contributed by atoms with E-state index in [2.05, 4.69) is 56.9 Å². The average Bonchev–Trinajstić information content (AvgIpc) is 3.06. The highest BCUT2D eigenvalue weighted by atomic mass is 35.5. The Bertz CT molecular complexity index is 1070. The molecule has 2 aromatic carbocycles. The summed E-state index contributed by atoms with van der Waals surface area (Å²) in [5.74, 6) is -0.0512. The largest absolute Gasteiger partial charge is 0.492 e. The molecule has 1 aliphatic rings. The number of ether oxygens (including phenoxy) is 1. The predicted octanol–water partition coefficient (Wildman–Crippen LogP) is 9.20. The third kappa shape index (κ3) is 17.9. The van der Waals surface area contributed by atoms with Gasteiger partial charge in [-0.3, -0.25) is 4.90 Å². The molecule has 1 fully saturated rings. The Morgan fingerprint density at radius 1 is 0.979 bits per heavy atom. The number of benzene rings is 2. The number of hydrogen-bond donors (Lipinski definition) is 3. The molecule has 0 saturated carbocycles. The first-order chi connectivity index (χ1) is 22.4. The van der Waals surface area contributed by atoms with Crippen molar-refractivity contribution in [3.8, 4) is 5.75 Å². The lowest BCUT2D eigenvalue weighted by atomic mass is 9.72. The summed E-state index contributed by atoms with van der Waals surface area (Å²) in [7, 11) is 2.00. The number of hydrogen-bond acceptors (Lipinski definition) is 6. The number of carbonyl (C=O) groups is 1. The van der Waals surface area contributed by atoms with Crippen LogP contribution in [-0.2, 0) is 10.2 Å². The second kappa shape index (κ2) is 25.1. The third-order valence-electron chi connectivity index (χ3n) is 8.67. The number of aldehydes is 1. The summed E-state index contributed by atoms with van der Waals surface area (Å²) in [6.45, 7) is 22.1. The van der Waals surface area contributed by atoms with Crippen molar-refractivity contribution >= 4 is 25.2 Å². The minimum absolute atomic E-state index is 0.00694. The number of carbonyl (C=O) groups excluding carboxylic acids is 1. The molecule has 2 unspecified atom stereocenters. The lowest BCUT2D eigenvalue weighted by molar-refractivity contribution is -0.314. The molecule has 8 heteroatoms. The zero-order valence-electron chi connectivity index (χ0n) is 31.0. The minimum Gasteiger partial charge on any atom is -0.492 e. The van der Waals surface area contributed by atoms with Gasteiger partial charge in [-0.15, -0.1) is 0 Å². The maximum absolute atomic E-state index is 12.2. The summed E-state index contributed by atoms with van der Waals surface area (Å²) in [5.41, 5.74) is 3.25. The van der Waals surface area contributed by atoms with E-state index in [1.165, 1.54) is 37.7 Å². The molecule has 3 N–H and O–H groups in total. The van der Waals surface area contributed by atoms with Crippen LogP contribution >= 0.6 is 11.6 Å². The van der Waals surface area contributed by atoms with Gasteiger partial charge in [0.2, 0.25) is 0 Å². The van der Waals surface area contributed by atoms with E-state index in [0.717, 1.165) is 61.6 Å². The quantitative estimate of drug-likeness (QED) is 0.0992. The number of nitrogens with zero attached hydrogens (tertiary/aromatic N) is 1. The fourth-order valence-corrected chi connectivity index (χ4v) is 5.91. The van der Waals surface area contributed by atoms with Crippen LogP contribution in [0.2, 0.25) is 18.7 Å². The van der Waals surface area contributed by atoms with Crippen LogP contribution in [0.3, 0.4) is 0 Å². The molecule has 1 aliphatic heterocycles. The number of likely N-dealkylation sites (tertiary alicyclic amines) is 1. The summed E-state index contributed by atoms with van der Waals surface area (Å²) in [5, 5.41) is 25.1. The van der Waals surface area contributed by atoms with Crippen molar-refractivity contribution in [2.75, 3.05) is 26.2 Å². The molecule has 1 saturated heterocycles. The molecule has 2 atom stereocenters. The van der Waals surface area contributed by atoms with Gasteiger partial charge in [0.15, 0.2) is 0 Å². The molecular formula is C39H66BClNO5. The number of aliphatic hydroxyl groups is 3. The molecule has 0 aromatic heterocycles. The van der Waals surface area contributed by atoms with Gasteiger partial charge < -0.3 is 24.9 Å². The minimum atomic E-state index is -2.45. The van der Waals surface area contributed by atoms with Gasteiger partial charge in [-0.1, -0.05) is 104 Å². The fraction of sp³-hybridized carbons (Fsp3) is 0.667. The Kier molecular flexibility index (Phi) is 24.1. The Balaban J connectivity index is 0.00000152. The lowest BCUT2D eigenvalue weighted by Gasteiger charge is -2.39. The zero-order chi connectivity index (χ0) is 35.9. The van der Waals surface area contributed by atoms with Crippen LogP contribution < -0.4 is 4.74 Å². The Hall–Kier alpha value is -1.90. The van der Waals surface area contributed by atoms with Gasteiger partial charge in [0.1, 0.15) is 25.9 Å². The molecule has 0 bridgehead atoms. The van der Waals surface area contributed by atoms with Crippen LogP contribution in [0.25, 0.3) is 0 Å². The highest BCUT2D eigenvalue weighted by Gasteiger charge is 2.37. The van der Waals surface area contributed by atoms with Crippen LogP contribution in [0, 0.1) is 12.8 Å². The Morgan fingerprint density at radius 3 is 2.04 bits per heavy atom. The summed E-state index contributed by atoms with van der Waals surface area (Å²) in [6, 6.07) is 14.7. The normalized spacial score (nSPS) is 15.3. The van der Waals surface area contributed by atoms with Gasteiger partial charge in [0.25, 0.3) is 5.97 Å². The number of rotatable bonds is 15. The predicted molar refractivity (Wildman–Crippen MR) is 201 cm³/mol. The highest BCUT2D eigenvalue weighted by Crippen LogP contribution is 2.37. The van der Waals surface area contributed by atoms with E-state index in [-0.39, 0.29) is 6.42 Å². The van der Waals surface area contributed by atoms with Crippen LogP contribution in [0.1, 0.15) is 122 Å². The molecule has 0 spiro atoms. The smallest absolute Gasteiger partial charge is 0.275 e. The van der Waals surface area contributed by atoms with Crippen molar-refractivity contribution in [3.05, 3.63) is 64.2 Å².